The molecular weight excluding hydrogens is 196 g/mol. The van der Waals surface area contributed by atoms with Crippen molar-refractivity contribution in [2.75, 3.05) is 0 Å². The molecule has 0 spiro atoms. The third kappa shape index (κ3) is 2.36. The molecule has 0 saturated carbocycles. The number of aliphatic hydroxyl groups excluding tert-OH is 1. The van der Waals surface area contributed by atoms with Crippen LogP contribution >= 0.6 is 0 Å². The maximum Gasteiger partial charge on any atom is 0.309 e. The summed E-state index contributed by atoms with van der Waals surface area (Å²) >= 11 is 0. The minimum absolute atomic E-state index is 0.132. The molecule has 0 aliphatic carbocycles. The molecule has 1 rings (SSSR count). The van der Waals surface area contributed by atoms with Crippen molar-refractivity contribution >= 4 is 5.97 Å². The lowest BCUT2D eigenvalue weighted by molar-refractivity contribution is -0.148. The highest BCUT2D eigenvalue weighted by atomic mass is 16.4. The fraction of sp³-hybridized carbons (Fsp3) is 0.600. The van der Waals surface area contributed by atoms with E-state index in [9.17, 15) is 9.90 Å². The van der Waals surface area contributed by atoms with Crippen molar-refractivity contribution < 1.29 is 15.0 Å². The van der Waals surface area contributed by atoms with E-state index in [0.717, 1.165) is 0 Å². The van der Waals surface area contributed by atoms with Crippen LogP contribution < -0.4 is 0 Å². The minimum Gasteiger partial charge on any atom is -0.481 e. The van der Waals surface area contributed by atoms with E-state index in [0.29, 0.717) is 5.69 Å². The number of aliphatic carboxylic acids is 1. The monoisotopic (exact) mass is 212 g/mol. The first-order valence-electron chi connectivity index (χ1n) is 4.82. The average molecular weight is 212 g/mol. The summed E-state index contributed by atoms with van der Waals surface area (Å²) in [4.78, 5) is 14.9. The van der Waals surface area contributed by atoms with Crippen LogP contribution in [0.1, 0.15) is 25.6 Å². The van der Waals surface area contributed by atoms with Gasteiger partial charge in [0.15, 0.2) is 0 Å². The number of hydrogen-bond acceptors (Lipinski definition) is 3. The maximum absolute atomic E-state index is 11.0. The first-order valence-corrected chi connectivity index (χ1v) is 4.82. The Labute approximate surface area is 88.4 Å². The van der Waals surface area contributed by atoms with Crippen molar-refractivity contribution in [2.24, 2.45) is 18.9 Å². The second-order valence-corrected chi connectivity index (χ2v) is 3.98. The van der Waals surface area contributed by atoms with Crippen molar-refractivity contribution in [3.63, 3.8) is 0 Å². The molecule has 2 N–H and O–H groups in total. The lowest BCUT2D eigenvalue weighted by Gasteiger charge is -2.22. The van der Waals surface area contributed by atoms with Gasteiger partial charge in [-0.25, -0.2) is 4.98 Å². The summed E-state index contributed by atoms with van der Waals surface area (Å²) in [6.07, 6.45) is 2.01. The summed E-state index contributed by atoms with van der Waals surface area (Å²) in [7, 11) is 1.73. The summed E-state index contributed by atoms with van der Waals surface area (Å²) in [6.45, 7) is 3.55. The van der Waals surface area contributed by atoms with E-state index in [1.54, 1.807) is 25.5 Å². The van der Waals surface area contributed by atoms with Gasteiger partial charge in [-0.3, -0.25) is 4.79 Å². The first kappa shape index (κ1) is 11.7. The van der Waals surface area contributed by atoms with Crippen LogP contribution in [-0.4, -0.2) is 25.7 Å². The number of carbonyl (C=O) groups is 1. The van der Waals surface area contributed by atoms with Gasteiger partial charge in [-0.1, -0.05) is 13.8 Å². The lowest BCUT2D eigenvalue weighted by atomic mass is 9.89. The van der Waals surface area contributed by atoms with Gasteiger partial charge in [0.1, 0.15) is 6.10 Å². The zero-order chi connectivity index (χ0) is 11.6. The Bertz CT molecular complexity index is 346. The predicted octanol–water partition coefficient (Wildman–Crippen LogP) is 0.810. The number of rotatable bonds is 4. The van der Waals surface area contributed by atoms with Gasteiger partial charge < -0.3 is 14.8 Å². The molecule has 0 amide bonds. The number of hydrogen-bond donors (Lipinski definition) is 2. The largest absolute Gasteiger partial charge is 0.481 e. The van der Waals surface area contributed by atoms with Crippen molar-refractivity contribution in [1.29, 1.82) is 0 Å². The summed E-state index contributed by atoms with van der Waals surface area (Å²) in [5, 5.41) is 19.0. The number of aryl methyl sites for hydroxylation is 1. The molecule has 15 heavy (non-hydrogen) atoms. The normalized spacial score (nSPS) is 15.3. The average Bonchev–Trinajstić information content (AvgIpc) is 2.49. The third-order valence-electron chi connectivity index (χ3n) is 2.50. The quantitative estimate of drug-likeness (QED) is 0.774. The second kappa shape index (κ2) is 4.44. The fourth-order valence-electron chi connectivity index (χ4n) is 1.62. The van der Waals surface area contributed by atoms with Crippen molar-refractivity contribution in [3.05, 3.63) is 18.2 Å². The highest BCUT2D eigenvalue weighted by Gasteiger charge is 2.32. The number of nitrogens with zero attached hydrogens (tertiary/aromatic N) is 2. The smallest absolute Gasteiger partial charge is 0.309 e. The molecule has 0 aromatic carbocycles. The Kier molecular flexibility index (Phi) is 3.47. The van der Waals surface area contributed by atoms with Gasteiger partial charge in [-0.05, 0) is 5.92 Å². The van der Waals surface area contributed by atoms with Crippen LogP contribution in [0.5, 0.6) is 0 Å². The molecule has 0 fully saturated rings. The van der Waals surface area contributed by atoms with Gasteiger partial charge in [0, 0.05) is 7.05 Å². The summed E-state index contributed by atoms with van der Waals surface area (Å²) in [6, 6.07) is 0. The van der Waals surface area contributed by atoms with Gasteiger partial charge in [0.05, 0.1) is 24.1 Å². The van der Waals surface area contributed by atoms with Crippen LogP contribution in [0.15, 0.2) is 12.5 Å². The molecule has 0 saturated heterocycles. The molecule has 84 valence electrons. The van der Waals surface area contributed by atoms with E-state index in [1.807, 2.05) is 0 Å². The molecule has 1 aromatic rings. The Morgan fingerprint density at radius 3 is 2.47 bits per heavy atom. The van der Waals surface area contributed by atoms with Gasteiger partial charge in [-0.15, -0.1) is 0 Å². The van der Waals surface area contributed by atoms with Crippen LogP contribution in [0.2, 0.25) is 0 Å². The highest BCUT2D eigenvalue weighted by molar-refractivity contribution is 5.71. The SMILES string of the molecule is CC(C)C(C(=O)O)C(O)c1cncn1C. The van der Waals surface area contributed by atoms with E-state index in [-0.39, 0.29) is 5.92 Å². The molecular formula is C10H16N2O3. The van der Waals surface area contributed by atoms with Gasteiger partial charge in [-0.2, -0.15) is 0 Å². The van der Waals surface area contributed by atoms with Crippen LogP contribution in [0.3, 0.4) is 0 Å². The molecule has 0 aliphatic rings. The molecule has 1 heterocycles. The van der Waals surface area contributed by atoms with Crippen LogP contribution in [0, 0.1) is 11.8 Å². The molecule has 2 unspecified atom stereocenters. The zero-order valence-corrected chi connectivity index (χ0v) is 9.08. The number of imidazole rings is 1. The summed E-state index contributed by atoms with van der Waals surface area (Å²) in [5.74, 6) is -1.92. The van der Waals surface area contributed by atoms with E-state index in [2.05, 4.69) is 4.98 Å². The summed E-state index contributed by atoms with van der Waals surface area (Å²) in [5.41, 5.74) is 0.524. The molecule has 1 aromatic heterocycles. The molecule has 0 aliphatic heterocycles. The molecule has 5 nitrogen and oxygen atoms in total. The standard InChI is InChI=1S/C10H16N2O3/c1-6(2)8(10(14)15)9(13)7-4-11-5-12(7)3/h4-6,8-9,13H,1-3H3,(H,14,15). The fourth-order valence-corrected chi connectivity index (χ4v) is 1.62. The van der Waals surface area contributed by atoms with Crippen LogP contribution in [0.25, 0.3) is 0 Å². The Morgan fingerprint density at radius 1 is 1.53 bits per heavy atom. The Morgan fingerprint density at radius 2 is 2.13 bits per heavy atom. The predicted molar refractivity (Wildman–Crippen MR) is 54.1 cm³/mol. The first-order chi connectivity index (χ1) is 6.95. The van der Waals surface area contributed by atoms with Gasteiger partial charge in [0.2, 0.25) is 0 Å². The van der Waals surface area contributed by atoms with E-state index in [4.69, 9.17) is 5.11 Å². The van der Waals surface area contributed by atoms with Crippen LogP contribution in [0.4, 0.5) is 0 Å². The number of aromatic nitrogens is 2. The topological polar surface area (TPSA) is 75.3 Å². The van der Waals surface area contributed by atoms with E-state index in [1.165, 1.54) is 12.5 Å². The molecule has 0 radical (unpaired) electrons. The lowest BCUT2D eigenvalue weighted by Crippen LogP contribution is -2.28. The molecule has 0 bridgehead atoms. The summed E-state index contributed by atoms with van der Waals surface area (Å²) < 4.78 is 1.63. The number of carboxylic acid groups (broad SMARTS) is 1. The molecule has 2 atom stereocenters. The van der Waals surface area contributed by atoms with Gasteiger partial charge in [0.25, 0.3) is 0 Å². The highest BCUT2D eigenvalue weighted by Crippen LogP contribution is 2.27. The van der Waals surface area contributed by atoms with E-state index >= 15 is 0 Å². The Hall–Kier alpha value is -1.36. The van der Waals surface area contributed by atoms with E-state index < -0.39 is 18.0 Å². The minimum atomic E-state index is -1.02. The Balaban J connectivity index is 2.96. The maximum atomic E-state index is 11.0. The van der Waals surface area contributed by atoms with Crippen LogP contribution in [-0.2, 0) is 11.8 Å². The third-order valence-corrected chi connectivity index (χ3v) is 2.50. The van der Waals surface area contributed by atoms with Crippen molar-refractivity contribution in [2.45, 2.75) is 20.0 Å². The van der Waals surface area contributed by atoms with Crippen molar-refractivity contribution in [3.8, 4) is 0 Å². The zero-order valence-electron chi connectivity index (χ0n) is 9.08. The van der Waals surface area contributed by atoms with Crippen molar-refractivity contribution in [1.82, 2.24) is 9.55 Å². The second-order valence-electron chi connectivity index (χ2n) is 3.98. The number of carboxylic acids is 1. The molecule has 5 heteroatoms. The number of aliphatic hydroxyl groups is 1. The van der Waals surface area contributed by atoms with Gasteiger partial charge >= 0.3 is 5.97 Å².